The molecule has 4 heteroatoms. The third kappa shape index (κ3) is 3.41. The Morgan fingerprint density at radius 3 is 2.90 bits per heavy atom. The van der Waals surface area contributed by atoms with E-state index in [2.05, 4.69) is 22.9 Å². The molecule has 2 rings (SSSR count). The van der Waals surface area contributed by atoms with Gasteiger partial charge in [-0.15, -0.1) is 0 Å². The van der Waals surface area contributed by atoms with Gasteiger partial charge in [0.25, 0.3) is 0 Å². The van der Waals surface area contributed by atoms with E-state index >= 15 is 0 Å². The molecule has 1 fully saturated rings. The second kappa shape index (κ2) is 6.27. The van der Waals surface area contributed by atoms with Gasteiger partial charge in [-0.25, -0.2) is 0 Å². The first-order chi connectivity index (χ1) is 9.44. The van der Waals surface area contributed by atoms with Gasteiger partial charge >= 0.3 is 0 Å². The molecule has 0 saturated heterocycles. The lowest BCUT2D eigenvalue weighted by Crippen LogP contribution is -2.51. The van der Waals surface area contributed by atoms with E-state index in [-0.39, 0.29) is 5.78 Å². The van der Waals surface area contributed by atoms with E-state index in [4.69, 9.17) is 10.5 Å². The molecule has 20 heavy (non-hydrogen) atoms. The monoisotopic (exact) mass is 339 g/mol. The van der Waals surface area contributed by atoms with Crippen LogP contribution in [0, 0.1) is 5.92 Å². The number of carbonyl (C=O) groups excluding carboxylic acids is 1. The molecule has 1 saturated carbocycles. The Kier molecular flexibility index (Phi) is 4.86. The summed E-state index contributed by atoms with van der Waals surface area (Å²) in [5.41, 5.74) is 6.69. The van der Waals surface area contributed by atoms with Gasteiger partial charge in [0.15, 0.2) is 5.78 Å². The predicted molar refractivity (Wildman–Crippen MR) is 84.0 cm³/mol. The Balaban J connectivity index is 2.09. The van der Waals surface area contributed by atoms with Crippen LogP contribution in [-0.2, 0) is 11.2 Å². The fourth-order valence-corrected chi connectivity index (χ4v) is 3.61. The zero-order chi connectivity index (χ0) is 14.8. The molecule has 0 aliphatic heterocycles. The highest BCUT2D eigenvalue weighted by atomic mass is 79.9. The Morgan fingerprint density at radius 2 is 2.30 bits per heavy atom. The Labute approximate surface area is 129 Å². The van der Waals surface area contributed by atoms with Crippen molar-refractivity contribution < 1.29 is 9.53 Å². The minimum absolute atomic E-state index is 0.154. The molecular formula is C16H22BrNO2. The molecule has 1 aromatic carbocycles. The topological polar surface area (TPSA) is 52.3 Å². The minimum atomic E-state index is -0.635. The van der Waals surface area contributed by atoms with E-state index < -0.39 is 5.54 Å². The number of carbonyl (C=O) groups is 1. The highest BCUT2D eigenvalue weighted by Gasteiger charge is 2.37. The van der Waals surface area contributed by atoms with Gasteiger partial charge in [-0.1, -0.05) is 25.8 Å². The van der Waals surface area contributed by atoms with Crippen LogP contribution in [0.1, 0.15) is 38.2 Å². The number of rotatable bonds is 4. The summed E-state index contributed by atoms with van der Waals surface area (Å²) < 4.78 is 6.07. The van der Waals surface area contributed by atoms with E-state index in [9.17, 15) is 4.79 Å². The lowest BCUT2D eigenvalue weighted by Gasteiger charge is -2.35. The van der Waals surface area contributed by atoms with Crippen molar-refractivity contribution in [3.05, 3.63) is 28.2 Å². The predicted octanol–water partition coefficient (Wildman–Crippen LogP) is 3.48. The zero-order valence-electron chi connectivity index (χ0n) is 12.1. The number of benzene rings is 1. The van der Waals surface area contributed by atoms with E-state index in [0.29, 0.717) is 12.3 Å². The van der Waals surface area contributed by atoms with Crippen LogP contribution >= 0.6 is 15.9 Å². The SMILES string of the molecule is COc1ccc(CC(=O)C2(N)CCCC(C)C2)cc1Br. The van der Waals surface area contributed by atoms with Crippen LogP contribution < -0.4 is 10.5 Å². The van der Waals surface area contributed by atoms with Gasteiger partial charge in [-0.3, -0.25) is 4.79 Å². The lowest BCUT2D eigenvalue weighted by atomic mass is 9.73. The number of hydrogen-bond acceptors (Lipinski definition) is 3. The Hall–Kier alpha value is -0.870. The summed E-state index contributed by atoms with van der Waals surface area (Å²) in [5.74, 6) is 1.47. The number of ether oxygens (including phenoxy) is 1. The molecule has 0 spiro atoms. The Bertz CT molecular complexity index is 503. The third-order valence-electron chi connectivity index (χ3n) is 4.17. The average Bonchev–Trinajstić information content (AvgIpc) is 2.38. The number of ketones is 1. The van der Waals surface area contributed by atoms with Crippen molar-refractivity contribution in [1.82, 2.24) is 0 Å². The number of halogens is 1. The molecule has 2 atom stereocenters. The molecule has 0 radical (unpaired) electrons. The Morgan fingerprint density at radius 1 is 1.55 bits per heavy atom. The molecule has 0 bridgehead atoms. The number of hydrogen-bond donors (Lipinski definition) is 1. The van der Waals surface area contributed by atoms with Crippen LogP contribution in [0.4, 0.5) is 0 Å². The fourth-order valence-electron chi connectivity index (χ4n) is 3.03. The highest BCUT2D eigenvalue weighted by Crippen LogP contribution is 2.32. The maximum Gasteiger partial charge on any atom is 0.157 e. The summed E-state index contributed by atoms with van der Waals surface area (Å²) in [6, 6.07) is 5.74. The second-order valence-corrected chi connectivity index (χ2v) is 6.78. The van der Waals surface area contributed by atoms with Crippen LogP contribution in [0.2, 0.25) is 0 Å². The first-order valence-electron chi connectivity index (χ1n) is 7.09. The third-order valence-corrected chi connectivity index (χ3v) is 4.79. The first kappa shape index (κ1) is 15.5. The molecule has 110 valence electrons. The normalized spacial score (nSPS) is 26.3. The van der Waals surface area contributed by atoms with E-state index in [1.807, 2.05) is 18.2 Å². The van der Waals surface area contributed by atoms with E-state index in [1.54, 1.807) is 7.11 Å². The fraction of sp³-hybridized carbons (Fsp3) is 0.562. The van der Waals surface area contributed by atoms with Gasteiger partial charge in [0, 0.05) is 6.42 Å². The van der Waals surface area contributed by atoms with Crippen molar-refractivity contribution >= 4 is 21.7 Å². The summed E-state index contributed by atoms with van der Waals surface area (Å²) in [4.78, 5) is 12.5. The molecular weight excluding hydrogens is 318 g/mol. The van der Waals surface area contributed by atoms with E-state index in [0.717, 1.165) is 35.0 Å². The quantitative estimate of drug-likeness (QED) is 0.913. The maximum atomic E-state index is 12.5. The number of Topliss-reactive ketones (excluding diaryl/α,β-unsaturated/α-hetero) is 1. The summed E-state index contributed by atoms with van der Waals surface area (Å²) in [7, 11) is 1.63. The van der Waals surface area contributed by atoms with Gasteiger partial charge in [0.05, 0.1) is 17.1 Å². The lowest BCUT2D eigenvalue weighted by molar-refractivity contribution is -0.125. The molecule has 2 unspecified atom stereocenters. The molecule has 1 aromatic rings. The summed E-state index contributed by atoms with van der Waals surface area (Å²) in [6.45, 7) is 2.18. The molecule has 0 heterocycles. The second-order valence-electron chi connectivity index (χ2n) is 5.93. The van der Waals surface area contributed by atoms with Crippen LogP contribution in [0.3, 0.4) is 0 Å². The van der Waals surface area contributed by atoms with Gasteiger partial charge in [-0.05, 0) is 52.4 Å². The van der Waals surface area contributed by atoms with Crippen molar-refractivity contribution in [1.29, 1.82) is 0 Å². The summed E-state index contributed by atoms with van der Waals surface area (Å²) >= 11 is 3.45. The van der Waals surface area contributed by atoms with Crippen LogP contribution in [0.5, 0.6) is 5.75 Å². The summed E-state index contributed by atoms with van der Waals surface area (Å²) in [6.07, 6.45) is 4.25. The van der Waals surface area contributed by atoms with Gasteiger partial charge in [0.1, 0.15) is 5.75 Å². The molecule has 0 amide bonds. The first-order valence-corrected chi connectivity index (χ1v) is 7.88. The molecule has 3 nitrogen and oxygen atoms in total. The van der Waals surface area contributed by atoms with Crippen molar-refractivity contribution in [3.8, 4) is 5.75 Å². The van der Waals surface area contributed by atoms with Gasteiger partial charge in [0.2, 0.25) is 0 Å². The van der Waals surface area contributed by atoms with Gasteiger partial charge < -0.3 is 10.5 Å². The van der Waals surface area contributed by atoms with Crippen LogP contribution in [0.15, 0.2) is 22.7 Å². The molecule has 0 aromatic heterocycles. The van der Waals surface area contributed by atoms with Crippen molar-refractivity contribution in [3.63, 3.8) is 0 Å². The highest BCUT2D eigenvalue weighted by molar-refractivity contribution is 9.10. The largest absolute Gasteiger partial charge is 0.496 e. The number of methoxy groups -OCH3 is 1. The van der Waals surface area contributed by atoms with Crippen LogP contribution in [0.25, 0.3) is 0 Å². The molecule has 2 N–H and O–H groups in total. The van der Waals surface area contributed by atoms with Crippen molar-refractivity contribution in [2.75, 3.05) is 7.11 Å². The number of nitrogens with two attached hydrogens (primary N) is 1. The molecule has 1 aliphatic rings. The van der Waals surface area contributed by atoms with Gasteiger partial charge in [-0.2, -0.15) is 0 Å². The maximum absolute atomic E-state index is 12.5. The van der Waals surface area contributed by atoms with Crippen molar-refractivity contribution in [2.24, 2.45) is 11.7 Å². The minimum Gasteiger partial charge on any atom is -0.496 e. The standard InChI is InChI=1S/C16H22BrNO2/c1-11-4-3-7-16(18,10-11)15(19)9-12-5-6-14(20-2)13(17)8-12/h5-6,8,11H,3-4,7,9-10,18H2,1-2H3. The average molecular weight is 340 g/mol. The summed E-state index contributed by atoms with van der Waals surface area (Å²) in [5, 5.41) is 0. The van der Waals surface area contributed by atoms with Crippen molar-refractivity contribution in [2.45, 2.75) is 44.6 Å². The van der Waals surface area contributed by atoms with E-state index in [1.165, 1.54) is 6.42 Å². The molecule has 1 aliphatic carbocycles. The smallest absolute Gasteiger partial charge is 0.157 e. The van der Waals surface area contributed by atoms with Crippen LogP contribution in [-0.4, -0.2) is 18.4 Å². The zero-order valence-corrected chi connectivity index (χ0v) is 13.7.